The first-order valence-corrected chi connectivity index (χ1v) is 7.78. The van der Waals surface area contributed by atoms with Crippen molar-refractivity contribution < 1.29 is 5.11 Å². The molecule has 0 aliphatic heterocycles. The minimum atomic E-state index is -0.168. The molecule has 4 nitrogen and oxygen atoms in total. The second kappa shape index (κ2) is 5.70. The topological polar surface area (TPSA) is 55.1 Å². The maximum atomic E-state index is 13.0. The Kier molecular flexibility index (Phi) is 3.86. The van der Waals surface area contributed by atoms with Gasteiger partial charge in [0.15, 0.2) is 0 Å². The summed E-state index contributed by atoms with van der Waals surface area (Å²) in [7, 11) is 0. The van der Waals surface area contributed by atoms with Crippen molar-refractivity contribution in [2.75, 3.05) is 0 Å². The maximum Gasteiger partial charge on any atom is 0.265 e. The first kappa shape index (κ1) is 15.6. The highest BCUT2D eigenvalue weighted by atomic mass is 35.5. The van der Waals surface area contributed by atoms with E-state index in [-0.39, 0.29) is 17.2 Å². The summed E-state index contributed by atoms with van der Waals surface area (Å²) in [6, 6.07) is 10.1. The van der Waals surface area contributed by atoms with E-state index < -0.39 is 0 Å². The number of aryl methyl sites for hydroxylation is 1. The first-order chi connectivity index (χ1) is 10.9. The van der Waals surface area contributed by atoms with Crippen LogP contribution in [0.1, 0.15) is 31.2 Å². The van der Waals surface area contributed by atoms with Gasteiger partial charge in [-0.1, -0.05) is 31.5 Å². The van der Waals surface area contributed by atoms with E-state index >= 15 is 0 Å². The number of rotatable bonds is 2. The van der Waals surface area contributed by atoms with E-state index in [1.165, 1.54) is 12.1 Å². The molecule has 0 atom stereocenters. The molecule has 0 unspecified atom stereocenters. The number of hydrogen-bond donors (Lipinski definition) is 1. The van der Waals surface area contributed by atoms with Crippen molar-refractivity contribution >= 4 is 22.5 Å². The molecule has 1 aromatic heterocycles. The van der Waals surface area contributed by atoms with Gasteiger partial charge in [-0.3, -0.25) is 9.36 Å². The van der Waals surface area contributed by atoms with E-state index in [0.717, 1.165) is 5.56 Å². The van der Waals surface area contributed by atoms with Crippen molar-refractivity contribution in [1.82, 2.24) is 9.55 Å². The van der Waals surface area contributed by atoms with Crippen LogP contribution in [0.15, 0.2) is 41.2 Å². The second-order valence-corrected chi connectivity index (χ2v) is 6.31. The number of aromatic hydroxyl groups is 1. The largest absolute Gasteiger partial charge is 0.508 e. The molecule has 0 saturated carbocycles. The summed E-state index contributed by atoms with van der Waals surface area (Å²) in [4.78, 5) is 17.5. The molecule has 0 aliphatic carbocycles. The highest BCUT2D eigenvalue weighted by Gasteiger charge is 2.16. The molecule has 3 rings (SSSR count). The summed E-state index contributed by atoms with van der Waals surface area (Å²) in [6.07, 6.45) is 0. The molecule has 0 amide bonds. The Hall–Kier alpha value is -2.33. The number of phenols is 1. The van der Waals surface area contributed by atoms with E-state index in [1.54, 1.807) is 16.7 Å². The van der Waals surface area contributed by atoms with Crippen LogP contribution in [0.25, 0.3) is 16.6 Å². The monoisotopic (exact) mass is 328 g/mol. The van der Waals surface area contributed by atoms with Crippen LogP contribution in [0, 0.1) is 6.92 Å². The van der Waals surface area contributed by atoms with Gasteiger partial charge in [-0.2, -0.15) is 0 Å². The summed E-state index contributed by atoms with van der Waals surface area (Å²) in [5.74, 6) is 0.762. The Balaban J connectivity index is 2.40. The zero-order valence-corrected chi connectivity index (χ0v) is 13.9. The van der Waals surface area contributed by atoms with E-state index in [0.29, 0.717) is 27.4 Å². The zero-order chi connectivity index (χ0) is 16.7. The normalized spacial score (nSPS) is 11.3. The van der Waals surface area contributed by atoms with Crippen LogP contribution in [0.2, 0.25) is 5.02 Å². The lowest BCUT2D eigenvalue weighted by Crippen LogP contribution is -2.24. The van der Waals surface area contributed by atoms with Gasteiger partial charge in [0, 0.05) is 17.0 Å². The summed E-state index contributed by atoms with van der Waals surface area (Å²) >= 11 is 6.22. The number of halogens is 1. The predicted molar refractivity (Wildman–Crippen MR) is 92.8 cm³/mol. The molecule has 1 N–H and O–H groups in total. The minimum absolute atomic E-state index is 0.0366. The average molecular weight is 329 g/mol. The molecule has 23 heavy (non-hydrogen) atoms. The molecule has 0 spiro atoms. The second-order valence-electron chi connectivity index (χ2n) is 5.90. The molecule has 0 bridgehead atoms. The van der Waals surface area contributed by atoms with Crippen molar-refractivity contribution in [3.63, 3.8) is 0 Å². The van der Waals surface area contributed by atoms with Crippen molar-refractivity contribution in [2.24, 2.45) is 0 Å². The summed E-state index contributed by atoms with van der Waals surface area (Å²) in [5.41, 5.74) is 1.97. The fourth-order valence-corrected chi connectivity index (χ4v) is 2.72. The van der Waals surface area contributed by atoms with Gasteiger partial charge >= 0.3 is 0 Å². The Morgan fingerprint density at radius 3 is 2.57 bits per heavy atom. The third-order valence-electron chi connectivity index (χ3n) is 3.81. The molecule has 0 fully saturated rings. The zero-order valence-electron chi connectivity index (χ0n) is 13.2. The van der Waals surface area contributed by atoms with E-state index in [9.17, 15) is 9.90 Å². The van der Waals surface area contributed by atoms with Crippen molar-refractivity contribution in [1.29, 1.82) is 0 Å². The van der Waals surface area contributed by atoms with Crippen LogP contribution < -0.4 is 5.56 Å². The highest BCUT2D eigenvalue weighted by Crippen LogP contribution is 2.24. The number of hydrogen-bond acceptors (Lipinski definition) is 3. The van der Waals surface area contributed by atoms with E-state index in [2.05, 4.69) is 4.98 Å². The van der Waals surface area contributed by atoms with Gasteiger partial charge in [0.2, 0.25) is 0 Å². The van der Waals surface area contributed by atoms with E-state index in [1.807, 2.05) is 32.9 Å². The van der Waals surface area contributed by atoms with Gasteiger partial charge in [-0.25, -0.2) is 4.98 Å². The minimum Gasteiger partial charge on any atom is -0.508 e. The molecule has 2 aromatic carbocycles. The van der Waals surface area contributed by atoms with Crippen LogP contribution in [-0.2, 0) is 0 Å². The standard InChI is InChI=1S/C18H17ClN2O2/c1-10(2)17-20-16-9-13(22)6-7-14(16)18(23)21(17)12-5-4-11(3)15(19)8-12/h4-10,22H,1-3H3. The number of fused-ring (bicyclic) bond motifs is 1. The predicted octanol–water partition coefficient (Wildman–Crippen LogP) is 4.18. The molecular weight excluding hydrogens is 312 g/mol. The van der Waals surface area contributed by atoms with Gasteiger partial charge in [0.1, 0.15) is 11.6 Å². The van der Waals surface area contributed by atoms with Gasteiger partial charge in [-0.15, -0.1) is 0 Å². The van der Waals surface area contributed by atoms with Crippen LogP contribution >= 0.6 is 11.6 Å². The Morgan fingerprint density at radius 2 is 1.91 bits per heavy atom. The van der Waals surface area contributed by atoms with E-state index in [4.69, 9.17) is 11.6 Å². The SMILES string of the molecule is Cc1ccc(-n2c(C(C)C)nc3cc(O)ccc3c2=O)cc1Cl. The van der Waals surface area contributed by atoms with Crippen LogP contribution in [0.3, 0.4) is 0 Å². The van der Waals surface area contributed by atoms with Gasteiger partial charge < -0.3 is 5.11 Å². The van der Waals surface area contributed by atoms with Crippen LogP contribution in [0.5, 0.6) is 5.75 Å². The number of nitrogens with zero attached hydrogens (tertiary/aromatic N) is 2. The molecule has 1 heterocycles. The van der Waals surface area contributed by atoms with Crippen LogP contribution in [-0.4, -0.2) is 14.7 Å². The molecule has 0 saturated heterocycles. The Bertz CT molecular complexity index is 961. The summed E-state index contributed by atoms with van der Waals surface area (Å²) < 4.78 is 1.59. The number of benzene rings is 2. The van der Waals surface area contributed by atoms with Crippen molar-refractivity contribution in [2.45, 2.75) is 26.7 Å². The summed E-state index contributed by atoms with van der Waals surface area (Å²) in [5, 5.41) is 10.7. The number of aromatic nitrogens is 2. The quantitative estimate of drug-likeness (QED) is 0.768. The average Bonchev–Trinajstić information content (AvgIpc) is 2.49. The third-order valence-corrected chi connectivity index (χ3v) is 4.22. The van der Waals surface area contributed by atoms with Crippen LogP contribution in [0.4, 0.5) is 0 Å². The highest BCUT2D eigenvalue weighted by molar-refractivity contribution is 6.31. The fourth-order valence-electron chi connectivity index (χ4n) is 2.55. The lowest BCUT2D eigenvalue weighted by Gasteiger charge is -2.16. The molecule has 5 heteroatoms. The molecule has 118 valence electrons. The summed E-state index contributed by atoms with van der Waals surface area (Å²) in [6.45, 7) is 5.87. The molecule has 3 aromatic rings. The maximum absolute atomic E-state index is 13.0. The van der Waals surface area contributed by atoms with Crippen molar-refractivity contribution in [3.05, 3.63) is 63.2 Å². The molecular formula is C18H17ClN2O2. The molecule has 0 aliphatic rings. The molecule has 0 radical (unpaired) electrons. The fraction of sp³-hybridized carbons (Fsp3) is 0.222. The lowest BCUT2D eigenvalue weighted by atomic mass is 10.1. The lowest BCUT2D eigenvalue weighted by molar-refractivity contribution is 0.476. The van der Waals surface area contributed by atoms with Gasteiger partial charge in [0.05, 0.1) is 16.6 Å². The van der Waals surface area contributed by atoms with Gasteiger partial charge in [-0.05, 0) is 36.8 Å². The Morgan fingerprint density at radius 1 is 1.17 bits per heavy atom. The van der Waals surface area contributed by atoms with Gasteiger partial charge in [0.25, 0.3) is 5.56 Å². The smallest absolute Gasteiger partial charge is 0.265 e. The Labute approximate surface area is 139 Å². The first-order valence-electron chi connectivity index (χ1n) is 7.40. The number of phenolic OH excluding ortho intramolecular Hbond substituents is 1. The van der Waals surface area contributed by atoms with Crippen molar-refractivity contribution in [3.8, 4) is 11.4 Å². The third kappa shape index (κ3) is 2.70.